The summed E-state index contributed by atoms with van der Waals surface area (Å²) in [5.41, 5.74) is 3.61. The molecule has 100 valence electrons. The molecule has 0 fully saturated rings. The van der Waals surface area contributed by atoms with Gasteiger partial charge in [-0.2, -0.15) is 5.10 Å². The van der Waals surface area contributed by atoms with Crippen molar-refractivity contribution in [2.45, 2.75) is 33.0 Å². The Kier molecular flexibility index (Phi) is 3.03. The molecule has 0 saturated carbocycles. The van der Waals surface area contributed by atoms with Gasteiger partial charge in [0, 0.05) is 24.7 Å². The minimum atomic E-state index is 0.554. The molecule has 2 aromatic rings. The van der Waals surface area contributed by atoms with Gasteiger partial charge in [-0.3, -0.25) is 4.90 Å². The maximum Gasteiger partial charge on any atom is 0.144 e. The Labute approximate surface area is 113 Å². The Hall–Kier alpha value is -1.81. The lowest BCUT2D eigenvalue weighted by atomic mass is 10.2. The summed E-state index contributed by atoms with van der Waals surface area (Å²) in [6, 6.07) is 8.56. The Morgan fingerprint density at radius 2 is 2.00 bits per heavy atom. The first-order valence-electron chi connectivity index (χ1n) is 6.64. The molecule has 19 heavy (non-hydrogen) atoms. The van der Waals surface area contributed by atoms with E-state index < -0.39 is 0 Å². The van der Waals surface area contributed by atoms with E-state index in [9.17, 15) is 0 Å². The van der Waals surface area contributed by atoms with Crippen LogP contribution in [0.3, 0.4) is 0 Å². The molecular weight excluding hydrogens is 238 g/mol. The van der Waals surface area contributed by atoms with E-state index in [0.717, 1.165) is 24.5 Å². The van der Waals surface area contributed by atoms with Crippen molar-refractivity contribution in [3.63, 3.8) is 0 Å². The fourth-order valence-electron chi connectivity index (χ4n) is 2.55. The van der Waals surface area contributed by atoms with Crippen LogP contribution >= 0.6 is 0 Å². The number of fused-ring (bicyclic) bond motifs is 1. The third kappa shape index (κ3) is 2.02. The third-order valence-electron chi connectivity index (χ3n) is 3.73. The van der Waals surface area contributed by atoms with Crippen molar-refractivity contribution < 1.29 is 4.74 Å². The van der Waals surface area contributed by atoms with Gasteiger partial charge in [-0.1, -0.05) is 12.1 Å². The molecule has 0 bridgehead atoms. The number of hydrogen-bond donors (Lipinski definition) is 0. The lowest BCUT2D eigenvalue weighted by Gasteiger charge is -2.20. The van der Waals surface area contributed by atoms with Crippen LogP contribution in [-0.4, -0.2) is 27.8 Å². The van der Waals surface area contributed by atoms with Gasteiger partial charge < -0.3 is 4.74 Å². The maximum atomic E-state index is 5.43. The van der Waals surface area contributed by atoms with E-state index in [1.54, 1.807) is 7.11 Å². The fourth-order valence-corrected chi connectivity index (χ4v) is 2.55. The van der Waals surface area contributed by atoms with Crippen LogP contribution in [0.2, 0.25) is 0 Å². The third-order valence-corrected chi connectivity index (χ3v) is 3.73. The van der Waals surface area contributed by atoms with Crippen molar-refractivity contribution >= 4 is 0 Å². The van der Waals surface area contributed by atoms with Gasteiger partial charge in [-0.15, -0.1) is 0 Å². The van der Waals surface area contributed by atoms with E-state index in [1.807, 2.05) is 35.1 Å². The summed E-state index contributed by atoms with van der Waals surface area (Å²) in [5.74, 6) is 0.858. The van der Waals surface area contributed by atoms with Crippen LogP contribution in [0.15, 0.2) is 30.5 Å². The van der Waals surface area contributed by atoms with Gasteiger partial charge in [-0.05, 0) is 26.0 Å². The van der Waals surface area contributed by atoms with E-state index in [4.69, 9.17) is 4.74 Å². The van der Waals surface area contributed by atoms with Gasteiger partial charge in [-0.25, -0.2) is 4.68 Å². The Bertz CT molecular complexity index is 589. The molecule has 4 nitrogen and oxygen atoms in total. The largest absolute Gasteiger partial charge is 0.494 e. The zero-order valence-electron chi connectivity index (χ0n) is 11.6. The monoisotopic (exact) mass is 257 g/mol. The molecule has 1 aromatic heterocycles. The summed E-state index contributed by atoms with van der Waals surface area (Å²) in [7, 11) is 1.70. The first-order valence-corrected chi connectivity index (χ1v) is 6.64. The summed E-state index contributed by atoms with van der Waals surface area (Å²) in [6.07, 6.45) is 1.98. The normalized spacial score (nSPS) is 14.9. The summed E-state index contributed by atoms with van der Waals surface area (Å²) < 4.78 is 7.44. The number of rotatable bonds is 3. The van der Waals surface area contributed by atoms with E-state index in [-0.39, 0.29) is 0 Å². The van der Waals surface area contributed by atoms with Gasteiger partial charge in [0.05, 0.1) is 19.0 Å². The molecule has 1 aromatic carbocycles. The van der Waals surface area contributed by atoms with Crippen molar-refractivity contribution in [3.05, 3.63) is 41.7 Å². The molecule has 0 radical (unpaired) electrons. The number of hydrogen-bond acceptors (Lipinski definition) is 3. The van der Waals surface area contributed by atoms with Crippen LogP contribution in [0.1, 0.15) is 25.1 Å². The second kappa shape index (κ2) is 4.70. The maximum absolute atomic E-state index is 5.43. The molecule has 0 atom stereocenters. The molecule has 1 aliphatic rings. The van der Waals surface area contributed by atoms with Crippen LogP contribution in [0.25, 0.3) is 5.69 Å². The van der Waals surface area contributed by atoms with E-state index in [0.29, 0.717) is 6.04 Å². The first kappa shape index (κ1) is 12.2. The van der Waals surface area contributed by atoms with Crippen LogP contribution in [0.5, 0.6) is 5.75 Å². The predicted molar refractivity (Wildman–Crippen MR) is 74.5 cm³/mol. The highest BCUT2D eigenvalue weighted by molar-refractivity contribution is 5.48. The van der Waals surface area contributed by atoms with E-state index >= 15 is 0 Å². The smallest absolute Gasteiger partial charge is 0.144 e. The predicted octanol–water partition coefficient (Wildman–Crippen LogP) is 2.60. The molecule has 0 aliphatic carbocycles. The number of para-hydroxylation sites is 2. The zero-order valence-corrected chi connectivity index (χ0v) is 11.6. The molecule has 0 saturated heterocycles. The minimum Gasteiger partial charge on any atom is -0.494 e. The Morgan fingerprint density at radius 3 is 2.74 bits per heavy atom. The average molecular weight is 257 g/mol. The lowest BCUT2D eigenvalue weighted by Crippen LogP contribution is -2.25. The number of benzene rings is 1. The van der Waals surface area contributed by atoms with Crippen molar-refractivity contribution in [1.29, 1.82) is 0 Å². The minimum absolute atomic E-state index is 0.554. The van der Waals surface area contributed by atoms with E-state index in [1.165, 1.54) is 11.3 Å². The van der Waals surface area contributed by atoms with Crippen molar-refractivity contribution in [2.24, 2.45) is 0 Å². The quantitative estimate of drug-likeness (QED) is 0.846. The first-order chi connectivity index (χ1) is 9.20. The molecule has 1 aliphatic heterocycles. The van der Waals surface area contributed by atoms with Gasteiger partial charge in [0.2, 0.25) is 0 Å². The highest BCUT2D eigenvalue weighted by atomic mass is 16.5. The SMILES string of the molecule is COc1ccccc1-n1ncc2c1CN(C(C)C)C2. The van der Waals surface area contributed by atoms with Crippen LogP contribution < -0.4 is 4.74 Å². The van der Waals surface area contributed by atoms with Crippen LogP contribution in [0.4, 0.5) is 0 Å². The Morgan fingerprint density at radius 1 is 1.21 bits per heavy atom. The molecule has 3 rings (SSSR count). The highest BCUT2D eigenvalue weighted by Crippen LogP contribution is 2.29. The highest BCUT2D eigenvalue weighted by Gasteiger charge is 2.26. The summed E-state index contributed by atoms with van der Waals surface area (Å²) in [4.78, 5) is 2.44. The number of aromatic nitrogens is 2. The second-order valence-corrected chi connectivity index (χ2v) is 5.20. The molecular formula is C15H19N3O. The molecule has 0 amide bonds. The number of nitrogens with zero attached hydrogens (tertiary/aromatic N) is 3. The average Bonchev–Trinajstić information content (AvgIpc) is 2.98. The molecule has 0 spiro atoms. The standard InChI is InChI=1S/C15H19N3O/c1-11(2)17-9-12-8-16-18(14(12)10-17)13-6-4-5-7-15(13)19-3/h4-8,11H,9-10H2,1-3H3. The fraction of sp³-hybridized carbons (Fsp3) is 0.400. The topological polar surface area (TPSA) is 30.3 Å². The summed E-state index contributed by atoms with van der Waals surface area (Å²) >= 11 is 0. The van der Waals surface area contributed by atoms with Crippen LogP contribution in [-0.2, 0) is 13.1 Å². The van der Waals surface area contributed by atoms with Crippen LogP contribution in [0, 0.1) is 0 Å². The van der Waals surface area contributed by atoms with Gasteiger partial charge in [0.1, 0.15) is 11.4 Å². The lowest BCUT2D eigenvalue weighted by molar-refractivity contribution is 0.223. The zero-order chi connectivity index (χ0) is 13.4. The van der Waals surface area contributed by atoms with Crippen molar-refractivity contribution in [1.82, 2.24) is 14.7 Å². The molecule has 0 N–H and O–H groups in total. The van der Waals surface area contributed by atoms with Crippen molar-refractivity contribution in [2.75, 3.05) is 7.11 Å². The van der Waals surface area contributed by atoms with Crippen molar-refractivity contribution in [3.8, 4) is 11.4 Å². The summed E-state index contributed by atoms with van der Waals surface area (Å²) in [5, 5.41) is 4.52. The number of methoxy groups -OCH3 is 1. The molecule has 4 heteroatoms. The molecule has 0 unspecified atom stereocenters. The second-order valence-electron chi connectivity index (χ2n) is 5.20. The van der Waals surface area contributed by atoms with Gasteiger partial charge >= 0.3 is 0 Å². The molecule has 2 heterocycles. The summed E-state index contributed by atoms with van der Waals surface area (Å²) in [6.45, 7) is 6.40. The van der Waals surface area contributed by atoms with Gasteiger partial charge in [0.15, 0.2) is 0 Å². The Balaban J connectivity index is 2.01. The number of ether oxygens (including phenoxy) is 1. The van der Waals surface area contributed by atoms with E-state index in [2.05, 4.69) is 23.8 Å². The van der Waals surface area contributed by atoms with Gasteiger partial charge in [0.25, 0.3) is 0 Å².